The predicted octanol–water partition coefficient (Wildman–Crippen LogP) is 3.38. The van der Waals surface area contributed by atoms with Crippen molar-refractivity contribution in [3.05, 3.63) is 52.9 Å². The van der Waals surface area contributed by atoms with Crippen molar-refractivity contribution in [2.75, 3.05) is 31.9 Å². The molecular formula is C21H21F2N5O2S2. The van der Waals surface area contributed by atoms with Crippen molar-refractivity contribution in [1.82, 2.24) is 24.6 Å². The maximum Gasteiger partial charge on any atom is 0.254 e. The number of carbonyl (C=O) groups excluding carboxylic acids is 2. The van der Waals surface area contributed by atoms with Crippen LogP contribution in [-0.2, 0) is 11.3 Å². The van der Waals surface area contributed by atoms with Gasteiger partial charge in [-0.15, -0.1) is 21.5 Å². The second kappa shape index (κ2) is 9.78. The molecule has 0 N–H and O–H groups in total. The van der Waals surface area contributed by atoms with Crippen molar-refractivity contribution in [3.63, 3.8) is 0 Å². The van der Waals surface area contributed by atoms with Crippen LogP contribution in [0, 0.1) is 11.6 Å². The Hall–Kier alpha value is -2.79. The van der Waals surface area contributed by atoms with E-state index in [1.807, 2.05) is 29.0 Å². The summed E-state index contributed by atoms with van der Waals surface area (Å²) < 4.78 is 28.5. The third-order valence-electron chi connectivity index (χ3n) is 5.19. The minimum absolute atomic E-state index is 0.0433. The van der Waals surface area contributed by atoms with E-state index in [0.717, 1.165) is 22.8 Å². The van der Waals surface area contributed by atoms with E-state index in [9.17, 15) is 18.4 Å². The van der Waals surface area contributed by atoms with Crippen LogP contribution < -0.4 is 0 Å². The SMILES string of the molecule is CCn1c(SCC(=O)N2CCN(C(=O)c3ccc(F)c(F)c3)CC2)nnc1-c1cccs1. The number of carbonyl (C=O) groups is 2. The van der Waals surface area contributed by atoms with E-state index in [2.05, 4.69) is 10.2 Å². The molecule has 1 saturated heterocycles. The molecule has 7 nitrogen and oxygen atoms in total. The average Bonchev–Trinajstić information content (AvgIpc) is 3.48. The average molecular weight is 478 g/mol. The fraction of sp³-hybridized carbons (Fsp3) is 0.333. The number of halogens is 2. The highest BCUT2D eigenvalue weighted by Crippen LogP contribution is 2.27. The summed E-state index contributed by atoms with van der Waals surface area (Å²) in [6, 6.07) is 7.06. The number of hydrogen-bond donors (Lipinski definition) is 0. The van der Waals surface area contributed by atoms with Crippen LogP contribution >= 0.6 is 23.1 Å². The number of nitrogens with zero attached hydrogens (tertiary/aromatic N) is 5. The number of thioether (sulfide) groups is 1. The van der Waals surface area contributed by atoms with Gasteiger partial charge < -0.3 is 14.4 Å². The number of hydrogen-bond acceptors (Lipinski definition) is 6. The quantitative estimate of drug-likeness (QED) is 0.509. The lowest BCUT2D eigenvalue weighted by molar-refractivity contribution is -0.129. The Morgan fingerprint density at radius 3 is 2.47 bits per heavy atom. The van der Waals surface area contributed by atoms with Gasteiger partial charge in [0.05, 0.1) is 10.6 Å². The van der Waals surface area contributed by atoms with Crippen molar-refractivity contribution >= 4 is 34.9 Å². The molecule has 1 aliphatic heterocycles. The molecule has 1 fully saturated rings. The van der Waals surface area contributed by atoms with E-state index in [4.69, 9.17) is 0 Å². The Balaban J connectivity index is 1.31. The molecule has 11 heteroatoms. The fourth-order valence-corrected chi connectivity index (χ4v) is 5.08. The Kier molecular flexibility index (Phi) is 6.85. The molecule has 4 rings (SSSR count). The van der Waals surface area contributed by atoms with Gasteiger partial charge in [0.1, 0.15) is 0 Å². The van der Waals surface area contributed by atoms with Crippen molar-refractivity contribution in [3.8, 4) is 10.7 Å². The zero-order valence-electron chi connectivity index (χ0n) is 17.3. The third-order valence-corrected chi connectivity index (χ3v) is 7.00. The molecule has 0 aliphatic carbocycles. The first-order valence-corrected chi connectivity index (χ1v) is 12.0. The van der Waals surface area contributed by atoms with Crippen LogP contribution in [0.15, 0.2) is 40.9 Å². The summed E-state index contributed by atoms with van der Waals surface area (Å²) in [5.41, 5.74) is 0.0969. The summed E-state index contributed by atoms with van der Waals surface area (Å²) in [7, 11) is 0. The molecular weight excluding hydrogens is 456 g/mol. The molecule has 0 atom stereocenters. The molecule has 0 saturated carbocycles. The van der Waals surface area contributed by atoms with Gasteiger partial charge in [0.25, 0.3) is 5.91 Å². The number of piperazine rings is 1. The molecule has 32 heavy (non-hydrogen) atoms. The summed E-state index contributed by atoms with van der Waals surface area (Å²) in [5.74, 6) is -1.44. The molecule has 0 radical (unpaired) electrons. The number of benzene rings is 1. The molecule has 0 bridgehead atoms. The lowest BCUT2D eigenvalue weighted by atomic mass is 10.1. The largest absolute Gasteiger partial charge is 0.338 e. The molecule has 1 aliphatic rings. The summed E-state index contributed by atoms with van der Waals surface area (Å²) in [6.45, 7) is 4.15. The Morgan fingerprint density at radius 2 is 1.81 bits per heavy atom. The second-order valence-corrected chi connectivity index (χ2v) is 9.01. The Morgan fingerprint density at radius 1 is 1.06 bits per heavy atom. The molecule has 2 aromatic heterocycles. The molecule has 0 unspecified atom stereocenters. The van der Waals surface area contributed by atoms with Crippen LogP contribution in [0.4, 0.5) is 8.78 Å². The standard InChI is InChI=1S/C21H21F2N5O2S2/c1-2-28-19(17-4-3-11-31-17)24-25-21(28)32-13-18(29)26-7-9-27(10-8-26)20(30)14-5-6-15(22)16(23)12-14/h3-6,11-12H,2,7-10,13H2,1H3. The first-order chi connectivity index (χ1) is 15.5. The third kappa shape index (κ3) is 4.68. The summed E-state index contributed by atoms with van der Waals surface area (Å²) >= 11 is 2.93. The van der Waals surface area contributed by atoms with Crippen molar-refractivity contribution in [1.29, 1.82) is 0 Å². The molecule has 168 valence electrons. The highest BCUT2D eigenvalue weighted by Gasteiger charge is 2.26. The number of thiophene rings is 1. The highest BCUT2D eigenvalue weighted by atomic mass is 32.2. The molecule has 3 aromatic rings. The zero-order chi connectivity index (χ0) is 22.7. The van der Waals surface area contributed by atoms with Gasteiger partial charge in [-0.2, -0.15) is 0 Å². The van der Waals surface area contributed by atoms with Gasteiger partial charge in [-0.05, 0) is 36.6 Å². The fourth-order valence-electron chi connectivity index (χ4n) is 3.46. The van der Waals surface area contributed by atoms with Crippen molar-refractivity contribution in [2.45, 2.75) is 18.6 Å². The van der Waals surface area contributed by atoms with Gasteiger partial charge in [-0.3, -0.25) is 9.59 Å². The monoisotopic (exact) mass is 477 g/mol. The summed E-state index contributed by atoms with van der Waals surface area (Å²) in [4.78, 5) is 29.5. The highest BCUT2D eigenvalue weighted by molar-refractivity contribution is 7.99. The van der Waals surface area contributed by atoms with Gasteiger partial charge in [0.15, 0.2) is 22.6 Å². The van der Waals surface area contributed by atoms with Crippen molar-refractivity contribution in [2.24, 2.45) is 0 Å². The number of rotatable bonds is 6. The minimum Gasteiger partial charge on any atom is -0.338 e. The summed E-state index contributed by atoms with van der Waals surface area (Å²) in [5, 5.41) is 11.2. The number of amides is 2. The van der Waals surface area contributed by atoms with Gasteiger partial charge in [0, 0.05) is 38.3 Å². The van der Waals surface area contributed by atoms with E-state index in [0.29, 0.717) is 37.9 Å². The number of aromatic nitrogens is 3. The van der Waals surface area contributed by atoms with Gasteiger partial charge in [-0.25, -0.2) is 8.78 Å². The molecule has 1 aromatic carbocycles. The van der Waals surface area contributed by atoms with E-state index >= 15 is 0 Å². The van der Waals surface area contributed by atoms with Gasteiger partial charge in [-0.1, -0.05) is 17.8 Å². The Bertz CT molecular complexity index is 1110. The lowest BCUT2D eigenvalue weighted by Crippen LogP contribution is -2.51. The van der Waals surface area contributed by atoms with Crippen molar-refractivity contribution < 1.29 is 18.4 Å². The smallest absolute Gasteiger partial charge is 0.254 e. The molecule has 2 amide bonds. The van der Waals surface area contributed by atoms with E-state index in [1.165, 1.54) is 17.8 Å². The van der Waals surface area contributed by atoms with Crippen LogP contribution in [0.25, 0.3) is 10.7 Å². The lowest BCUT2D eigenvalue weighted by Gasteiger charge is -2.34. The molecule has 3 heterocycles. The van der Waals surface area contributed by atoms with Gasteiger partial charge in [0.2, 0.25) is 5.91 Å². The Labute approximate surface area is 192 Å². The van der Waals surface area contributed by atoms with E-state index in [-0.39, 0.29) is 23.1 Å². The predicted molar refractivity (Wildman–Crippen MR) is 119 cm³/mol. The first-order valence-electron chi connectivity index (χ1n) is 10.1. The zero-order valence-corrected chi connectivity index (χ0v) is 19.0. The van der Waals surface area contributed by atoms with Crippen LogP contribution in [-0.4, -0.2) is 68.3 Å². The normalized spacial score (nSPS) is 14.1. The van der Waals surface area contributed by atoms with Gasteiger partial charge >= 0.3 is 0 Å². The van der Waals surface area contributed by atoms with E-state index < -0.39 is 11.6 Å². The van der Waals surface area contributed by atoms with Crippen LogP contribution in [0.3, 0.4) is 0 Å². The van der Waals surface area contributed by atoms with Crippen LogP contribution in [0.5, 0.6) is 0 Å². The topological polar surface area (TPSA) is 71.3 Å². The van der Waals surface area contributed by atoms with Crippen LogP contribution in [0.2, 0.25) is 0 Å². The maximum absolute atomic E-state index is 13.4. The summed E-state index contributed by atoms with van der Waals surface area (Å²) in [6.07, 6.45) is 0. The van der Waals surface area contributed by atoms with E-state index in [1.54, 1.807) is 21.1 Å². The molecule has 0 spiro atoms. The first kappa shape index (κ1) is 22.4. The second-order valence-electron chi connectivity index (χ2n) is 7.12. The van der Waals surface area contributed by atoms with Crippen LogP contribution in [0.1, 0.15) is 17.3 Å². The minimum atomic E-state index is -1.05. The maximum atomic E-state index is 13.4.